The fourth-order valence-corrected chi connectivity index (χ4v) is 4.80. The number of methoxy groups -OCH3 is 1. The highest BCUT2D eigenvalue weighted by atomic mass is 32.2. The third-order valence-corrected chi connectivity index (χ3v) is 6.82. The van der Waals surface area contributed by atoms with E-state index in [0.29, 0.717) is 28.9 Å². The summed E-state index contributed by atoms with van der Waals surface area (Å²) in [5.74, 6) is 0.905. The van der Waals surface area contributed by atoms with E-state index in [9.17, 15) is 14.4 Å². The Bertz CT molecular complexity index is 1060. The van der Waals surface area contributed by atoms with Crippen LogP contribution in [0.3, 0.4) is 0 Å². The quantitative estimate of drug-likeness (QED) is 0.503. The second-order valence-electron chi connectivity index (χ2n) is 7.54. The van der Waals surface area contributed by atoms with Crippen LogP contribution in [-0.2, 0) is 16.0 Å². The normalized spacial score (nSPS) is 14.9. The van der Waals surface area contributed by atoms with Crippen molar-refractivity contribution in [1.82, 2.24) is 15.2 Å². The number of ether oxygens (including phenoxy) is 2. The van der Waals surface area contributed by atoms with Gasteiger partial charge in [0.05, 0.1) is 35.7 Å². The summed E-state index contributed by atoms with van der Waals surface area (Å²) in [6, 6.07) is 5.31. The van der Waals surface area contributed by atoms with Crippen molar-refractivity contribution < 1.29 is 23.9 Å². The summed E-state index contributed by atoms with van der Waals surface area (Å²) in [6.07, 6.45) is 1.82. The number of hydrogen-bond donors (Lipinski definition) is 1. The van der Waals surface area contributed by atoms with E-state index in [1.165, 1.54) is 11.3 Å². The van der Waals surface area contributed by atoms with Crippen molar-refractivity contribution in [3.63, 3.8) is 0 Å². The van der Waals surface area contributed by atoms with Crippen LogP contribution in [0.4, 0.5) is 4.79 Å². The second kappa shape index (κ2) is 11.3. The number of rotatable bonds is 10. The van der Waals surface area contributed by atoms with E-state index in [1.54, 1.807) is 31.4 Å². The van der Waals surface area contributed by atoms with Crippen LogP contribution in [0.25, 0.3) is 6.08 Å². The zero-order valence-corrected chi connectivity index (χ0v) is 20.7. The number of hydrogen-bond acceptors (Lipinski definition) is 8. The lowest BCUT2D eigenvalue weighted by Crippen LogP contribution is -2.37. The summed E-state index contributed by atoms with van der Waals surface area (Å²) in [6.45, 7) is 6.79. The van der Waals surface area contributed by atoms with Gasteiger partial charge >= 0.3 is 0 Å². The molecule has 10 heteroatoms. The van der Waals surface area contributed by atoms with Gasteiger partial charge in [-0.05, 0) is 42.5 Å². The third-order valence-electron chi connectivity index (χ3n) is 4.72. The molecule has 8 nitrogen and oxygen atoms in total. The first-order valence-electron chi connectivity index (χ1n) is 10.6. The number of carbonyl (C=O) groups is 3. The molecular formula is C23H27N3O5S2. The second-order valence-corrected chi connectivity index (χ2v) is 9.42. The summed E-state index contributed by atoms with van der Waals surface area (Å²) < 4.78 is 10.8. The van der Waals surface area contributed by atoms with E-state index in [-0.39, 0.29) is 36.6 Å². The molecule has 0 saturated carbocycles. The first-order valence-corrected chi connectivity index (χ1v) is 12.3. The molecule has 1 aromatic carbocycles. The summed E-state index contributed by atoms with van der Waals surface area (Å²) in [5, 5.41) is 5.27. The van der Waals surface area contributed by atoms with Gasteiger partial charge in [0.2, 0.25) is 5.91 Å². The number of benzene rings is 1. The molecule has 0 radical (unpaired) electrons. The molecule has 1 fully saturated rings. The Morgan fingerprint density at radius 1 is 1.27 bits per heavy atom. The fraction of sp³-hybridized carbons (Fsp3) is 0.391. The van der Waals surface area contributed by atoms with E-state index in [4.69, 9.17) is 9.47 Å². The Kier molecular flexibility index (Phi) is 8.51. The number of aromatic nitrogens is 1. The lowest BCUT2D eigenvalue weighted by Gasteiger charge is -2.13. The third kappa shape index (κ3) is 6.35. The Hall–Kier alpha value is -2.85. The maximum Gasteiger partial charge on any atom is 0.293 e. The van der Waals surface area contributed by atoms with Gasteiger partial charge in [0.25, 0.3) is 11.1 Å². The van der Waals surface area contributed by atoms with E-state index in [1.807, 2.05) is 12.3 Å². The molecule has 2 heterocycles. The molecule has 1 aliphatic heterocycles. The van der Waals surface area contributed by atoms with Gasteiger partial charge < -0.3 is 14.8 Å². The molecule has 1 saturated heterocycles. The molecule has 33 heavy (non-hydrogen) atoms. The number of carbonyl (C=O) groups excluding carboxylic acids is 3. The first-order chi connectivity index (χ1) is 15.8. The molecule has 3 amide bonds. The summed E-state index contributed by atoms with van der Waals surface area (Å²) in [4.78, 5) is 43.2. The molecule has 0 aliphatic carbocycles. The van der Waals surface area contributed by atoms with Crippen molar-refractivity contribution in [3.8, 4) is 11.5 Å². The summed E-state index contributed by atoms with van der Waals surface area (Å²) >= 11 is 2.41. The van der Waals surface area contributed by atoms with Crippen LogP contribution < -0.4 is 14.8 Å². The van der Waals surface area contributed by atoms with Gasteiger partial charge in [-0.15, -0.1) is 11.3 Å². The SMILES string of the molecule is CCOc1ccc(/C=C2\SC(=O)N(CCNC(=O)Cc3csc(C(C)C)n3)C2=O)cc1OC. The summed E-state index contributed by atoms with van der Waals surface area (Å²) in [5.41, 5.74) is 1.44. The molecule has 2 aromatic rings. The predicted molar refractivity (Wildman–Crippen MR) is 130 cm³/mol. The molecular weight excluding hydrogens is 462 g/mol. The van der Waals surface area contributed by atoms with Crippen LogP contribution in [0.15, 0.2) is 28.5 Å². The monoisotopic (exact) mass is 489 g/mol. The highest BCUT2D eigenvalue weighted by molar-refractivity contribution is 8.18. The number of thioether (sulfide) groups is 1. The zero-order valence-electron chi connectivity index (χ0n) is 19.0. The topological polar surface area (TPSA) is 97.8 Å². The van der Waals surface area contributed by atoms with Gasteiger partial charge in [-0.1, -0.05) is 19.9 Å². The highest BCUT2D eigenvalue weighted by Gasteiger charge is 2.34. The van der Waals surface area contributed by atoms with Crippen LogP contribution in [0.5, 0.6) is 11.5 Å². The minimum absolute atomic E-state index is 0.106. The van der Waals surface area contributed by atoms with E-state index < -0.39 is 0 Å². The van der Waals surface area contributed by atoms with Crippen molar-refractivity contribution in [1.29, 1.82) is 0 Å². The molecule has 1 N–H and O–H groups in total. The molecule has 0 unspecified atom stereocenters. The van der Waals surface area contributed by atoms with Gasteiger partial charge in [0.1, 0.15) is 0 Å². The van der Waals surface area contributed by atoms with Crippen LogP contribution in [0.1, 0.15) is 43.0 Å². The fourth-order valence-electron chi connectivity index (χ4n) is 3.10. The molecule has 0 spiro atoms. The lowest BCUT2D eigenvalue weighted by molar-refractivity contribution is -0.124. The average Bonchev–Trinajstić information content (AvgIpc) is 3.35. The molecule has 0 bridgehead atoms. The van der Waals surface area contributed by atoms with Crippen LogP contribution in [0.2, 0.25) is 0 Å². The van der Waals surface area contributed by atoms with E-state index in [0.717, 1.165) is 32.9 Å². The maximum atomic E-state index is 12.7. The van der Waals surface area contributed by atoms with Crippen LogP contribution >= 0.6 is 23.1 Å². The van der Waals surface area contributed by atoms with Crippen molar-refractivity contribution in [2.24, 2.45) is 0 Å². The minimum atomic E-state index is -0.381. The van der Waals surface area contributed by atoms with Crippen molar-refractivity contribution in [3.05, 3.63) is 44.7 Å². The van der Waals surface area contributed by atoms with Crippen molar-refractivity contribution in [2.75, 3.05) is 26.8 Å². The number of thiazole rings is 1. The highest BCUT2D eigenvalue weighted by Crippen LogP contribution is 2.34. The molecule has 1 aromatic heterocycles. The Morgan fingerprint density at radius 3 is 2.73 bits per heavy atom. The Morgan fingerprint density at radius 2 is 2.06 bits per heavy atom. The standard InChI is InChI=1S/C23H27N3O5S2/c1-5-31-17-7-6-15(10-18(17)30-4)11-19-22(28)26(23(29)33-19)9-8-24-20(27)12-16-13-32-21(25-16)14(2)3/h6-7,10-11,13-14H,5,8-9,12H2,1-4H3,(H,24,27)/b19-11-. The number of nitrogens with zero attached hydrogens (tertiary/aromatic N) is 2. The lowest BCUT2D eigenvalue weighted by atomic mass is 10.2. The number of amides is 3. The van der Waals surface area contributed by atoms with E-state index >= 15 is 0 Å². The zero-order chi connectivity index (χ0) is 24.0. The van der Waals surface area contributed by atoms with E-state index in [2.05, 4.69) is 24.1 Å². The maximum absolute atomic E-state index is 12.7. The Balaban J connectivity index is 1.56. The van der Waals surface area contributed by atoms with Crippen molar-refractivity contribution >= 4 is 46.2 Å². The van der Waals surface area contributed by atoms with Crippen LogP contribution in [-0.4, -0.2) is 53.7 Å². The van der Waals surface area contributed by atoms with Gasteiger partial charge in [0.15, 0.2) is 11.5 Å². The number of nitrogens with one attached hydrogen (secondary N) is 1. The van der Waals surface area contributed by atoms with Crippen LogP contribution in [0, 0.1) is 0 Å². The van der Waals surface area contributed by atoms with Gasteiger partial charge in [-0.25, -0.2) is 4.98 Å². The summed E-state index contributed by atoms with van der Waals surface area (Å²) in [7, 11) is 1.54. The largest absolute Gasteiger partial charge is 0.493 e. The van der Waals surface area contributed by atoms with Gasteiger partial charge in [0, 0.05) is 24.4 Å². The van der Waals surface area contributed by atoms with Gasteiger partial charge in [-0.2, -0.15) is 0 Å². The number of imide groups is 1. The van der Waals surface area contributed by atoms with Crippen molar-refractivity contribution in [2.45, 2.75) is 33.1 Å². The first kappa shape index (κ1) is 24.8. The minimum Gasteiger partial charge on any atom is -0.493 e. The molecule has 1 aliphatic rings. The molecule has 0 atom stereocenters. The molecule has 3 rings (SSSR count). The Labute approximate surface area is 201 Å². The predicted octanol–water partition coefficient (Wildman–Crippen LogP) is 4.07. The smallest absolute Gasteiger partial charge is 0.293 e. The average molecular weight is 490 g/mol. The molecule has 176 valence electrons. The van der Waals surface area contributed by atoms with Gasteiger partial charge in [-0.3, -0.25) is 19.3 Å².